The number of hydrogen-bond donors (Lipinski definition) is 0. The van der Waals surface area contributed by atoms with Gasteiger partial charge in [-0.05, 0) is 60.7 Å². The van der Waals surface area contributed by atoms with Crippen LogP contribution >= 0.6 is 0 Å². The summed E-state index contributed by atoms with van der Waals surface area (Å²) in [6.07, 6.45) is 1.60. The van der Waals surface area contributed by atoms with Crippen molar-refractivity contribution in [3.8, 4) is 28.2 Å². The van der Waals surface area contributed by atoms with Gasteiger partial charge in [0, 0.05) is 32.7 Å². The van der Waals surface area contributed by atoms with Gasteiger partial charge in [-0.15, -0.1) is 18.2 Å². The minimum absolute atomic E-state index is 0. The van der Waals surface area contributed by atoms with Crippen molar-refractivity contribution in [2.24, 2.45) is 7.05 Å². The maximum absolute atomic E-state index is 4.75. The molecule has 0 spiro atoms. The number of aryl methyl sites for hydroxylation is 4. The predicted octanol–water partition coefficient (Wildman–Crippen LogP) is 5.21. The summed E-state index contributed by atoms with van der Waals surface area (Å²) in [5.74, 6) is 1.70. The first-order valence-corrected chi connectivity index (χ1v) is 9.95. The largest absolute Gasteiger partial charge is 0.349 e. The summed E-state index contributed by atoms with van der Waals surface area (Å²) in [7, 11) is 2.02. The molecule has 157 valence electrons. The minimum Gasteiger partial charge on any atom is -0.349 e. The van der Waals surface area contributed by atoms with Gasteiger partial charge in [-0.1, -0.05) is 35.9 Å². The van der Waals surface area contributed by atoms with E-state index in [1.54, 1.807) is 6.33 Å². The first kappa shape index (κ1) is 21.2. The van der Waals surface area contributed by atoms with Gasteiger partial charge < -0.3 is 4.57 Å². The summed E-state index contributed by atoms with van der Waals surface area (Å²) in [6.45, 7) is 6.25. The van der Waals surface area contributed by atoms with Crippen LogP contribution < -0.4 is 0 Å². The zero-order valence-corrected chi connectivity index (χ0v) is 20.2. The summed E-state index contributed by atoms with van der Waals surface area (Å²) in [5.41, 5.74) is 8.54. The van der Waals surface area contributed by atoms with Crippen LogP contribution in [0, 0.1) is 26.8 Å². The molecule has 0 aliphatic rings. The molecule has 6 heteroatoms. The second-order valence-electron chi connectivity index (χ2n) is 7.62. The number of nitrogens with zero attached hydrogens (tertiary/aromatic N) is 5. The third kappa shape index (κ3) is 3.52. The first-order valence-electron chi connectivity index (χ1n) is 9.95. The van der Waals surface area contributed by atoms with Gasteiger partial charge in [-0.2, -0.15) is 5.10 Å². The van der Waals surface area contributed by atoms with E-state index in [0.717, 1.165) is 45.1 Å². The normalized spacial score (nSPS) is 11.0. The second-order valence-corrected chi connectivity index (χ2v) is 7.62. The van der Waals surface area contributed by atoms with E-state index in [4.69, 9.17) is 4.98 Å². The Morgan fingerprint density at radius 1 is 0.903 bits per heavy atom. The fourth-order valence-corrected chi connectivity index (χ4v) is 4.11. The van der Waals surface area contributed by atoms with Crippen LogP contribution in [-0.4, -0.2) is 24.3 Å². The molecule has 31 heavy (non-hydrogen) atoms. The van der Waals surface area contributed by atoms with Crippen LogP contribution in [-0.2, 0) is 27.2 Å². The molecule has 5 nitrogen and oxygen atoms in total. The minimum atomic E-state index is 0. The van der Waals surface area contributed by atoms with Crippen LogP contribution in [0.15, 0.2) is 60.9 Å². The molecule has 0 saturated heterocycles. The quantitative estimate of drug-likeness (QED) is 0.274. The summed E-state index contributed by atoms with van der Waals surface area (Å²) in [5, 5.41) is 4.57. The molecule has 0 amide bonds. The molecule has 0 unspecified atom stereocenters. The molecular weight excluding hydrogens is 563 g/mol. The van der Waals surface area contributed by atoms with Gasteiger partial charge in [0.25, 0.3) is 0 Å². The first-order chi connectivity index (χ1) is 14.5. The van der Waals surface area contributed by atoms with Crippen molar-refractivity contribution in [3.63, 3.8) is 0 Å². The molecule has 0 bridgehead atoms. The summed E-state index contributed by atoms with van der Waals surface area (Å²) in [4.78, 5) is 9.34. The van der Waals surface area contributed by atoms with Crippen LogP contribution in [0.5, 0.6) is 0 Å². The Balaban J connectivity index is 0.00000231. The summed E-state index contributed by atoms with van der Waals surface area (Å²) in [6, 6.07) is 22.1. The van der Waals surface area contributed by atoms with Crippen molar-refractivity contribution < 1.29 is 20.1 Å². The molecule has 2 aromatic heterocycles. The van der Waals surface area contributed by atoms with Crippen molar-refractivity contribution in [1.29, 1.82) is 0 Å². The smallest absolute Gasteiger partial charge is 0.127 e. The van der Waals surface area contributed by atoms with Gasteiger partial charge in [0.1, 0.15) is 6.33 Å². The number of aromatic nitrogens is 5. The van der Waals surface area contributed by atoms with Crippen LogP contribution in [0.2, 0.25) is 0 Å². The van der Waals surface area contributed by atoms with E-state index in [2.05, 4.69) is 71.0 Å². The van der Waals surface area contributed by atoms with Gasteiger partial charge in [0.05, 0.1) is 17.3 Å². The Kier molecular flexibility index (Phi) is 5.61. The average Bonchev–Trinajstić information content (AvgIpc) is 3.33. The number of imidazole rings is 1. The van der Waals surface area contributed by atoms with E-state index in [-0.39, 0.29) is 20.1 Å². The number of rotatable bonds is 3. The fraction of sp³-hybridized carbons (Fsp3) is 0.160. The third-order valence-electron chi connectivity index (χ3n) is 5.65. The molecule has 0 fully saturated rings. The standard InChI is InChI=1S/C25H22N5.Ir/c1-16-13-20(19-9-6-5-7-10-19)14-17(2)24(16)30-25(26-15-27-30)21-11-8-12-22-23(21)28-18(3)29(22)4;/h5-10,12-15H,1-4H3;/q-1;. The monoisotopic (exact) mass is 585 g/mol. The summed E-state index contributed by atoms with van der Waals surface area (Å²) >= 11 is 0. The molecule has 0 saturated carbocycles. The topological polar surface area (TPSA) is 48.5 Å². The van der Waals surface area contributed by atoms with Gasteiger partial charge in [0.15, 0.2) is 0 Å². The molecule has 1 radical (unpaired) electrons. The van der Waals surface area contributed by atoms with Gasteiger partial charge in [0.2, 0.25) is 0 Å². The van der Waals surface area contributed by atoms with E-state index < -0.39 is 0 Å². The Morgan fingerprint density at radius 2 is 1.61 bits per heavy atom. The summed E-state index contributed by atoms with van der Waals surface area (Å²) < 4.78 is 3.99. The Hall–Kier alpha value is -3.08. The molecule has 2 heterocycles. The zero-order valence-electron chi connectivity index (χ0n) is 17.8. The molecule has 3 aromatic carbocycles. The van der Waals surface area contributed by atoms with E-state index in [9.17, 15) is 0 Å². The van der Waals surface area contributed by atoms with Crippen LogP contribution in [0.4, 0.5) is 0 Å². The molecule has 0 aliphatic heterocycles. The Bertz CT molecular complexity index is 1360. The average molecular weight is 585 g/mol. The molecule has 5 aromatic rings. The third-order valence-corrected chi connectivity index (χ3v) is 5.65. The van der Waals surface area contributed by atoms with Crippen molar-refractivity contribution in [2.45, 2.75) is 20.8 Å². The van der Waals surface area contributed by atoms with E-state index in [0.29, 0.717) is 0 Å². The number of benzene rings is 3. The fourth-order valence-electron chi connectivity index (χ4n) is 4.11. The van der Waals surface area contributed by atoms with Crippen LogP contribution in [0.3, 0.4) is 0 Å². The zero-order chi connectivity index (χ0) is 20.8. The maximum Gasteiger partial charge on any atom is 0.127 e. The van der Waals surface area contributed by atoms with Crippen molar-refractivity contribution in [1.82, 2.24) is 24.3 Å². The maximum atomic E-state index is 4.75. The molecular formula is C25H22IrN5-. The van der Waals surface area contributed by atoms with Crippen LogP contribution in [0.25, 0.3) is 39.2 Å². The van der Waals surface area contributed by atoms with Gasteiger partial charge >= 0.3 is 0 Å². The van der Waals surface area contributed by atoms with Gasteiger partial charge in [-0.25, -0.2) is 0 Å². The van der Waals surface area contributed by atoms with E-state index in [1.165, 1.54) is 11.1 Å². The predicted molar refractivity (Wildman–Crippen MR) is 120 cm³/mol. The number of fused-ring (bicyclic) bond motifs is 1. The number of hydrogen-bond acceptors (Lipinski definition) is 3. The van der Waals surface area contributed by atoms with Crippen molar-refractivity contribution in [2.75, 3.05) is 0 Å². The Labute approximate surface area is 195 Å². The molecule has 5 rings (SSSR count). The van der Waals surface area contributed by atoms with E-state index in [1.807, 2.05) is 36.9 Å². The van der Waals surface area contributed by atoms with E-state index >= 15 is 0 Å². The van der Waals surface area contributed by atoms with Crippen molar-refractivity contribution in [3.05, 3.63) is 83.9 Å². The Morgan fingerprint density at radius 3 is 2.32 bits per heavy atom. The molecule has 0 atom stereocenters. The van der Waals surface area contributed by atoms with Gasteiger partial charge in [-0.3, -0.25) is 14.6 Å². The second kappa shape index (κ2) is 8.22. The molecule has 0 N–H and O–H groups in total. The van der Waals surface area contributed by atoms with Crippen molar-refractivity contribution >= 4 is 11.0 Å². The molecule has 0 aliphatic carbocycles. The van der Waals surface area contributed by atoms with Crippen LogP contribution in [0.1, 0.15) is 17.0 Å². The SMILES string of the molecule is Cc1cc(-c2ccccc2)cc(C)c1-n1ncnc1-c1[c-]ccc2c1nc(C)n2C.[Ir].